The molecule has 9 rings (SSSR count). The van der Waals surface area contributed by atoms with Crippen molar-refractivity contribution in [2.45, 2.75) is 71.0 Å². The maximum atomic E-state index is 10.0. The minimum Gasteiger partial charge on any atom is -0.497 e. The van der Waals surface area contributed by atoms with Crippen LogP contribution in [0.1, 0.15) is 80.3 Å². The predicted molar refractivity (Wildman–Crippen MR) is 203 cm³/mol. The van der Waals surface area contributed by atoms with Crippen molar-refractivity contribution in [3.8, 4) is 34.1 Å². The lowest BCUT2D eigenvalue weighted by molar-refractivity contribution is 0.0459. The fraction of sp³-hybridized carbons (Fsp3) is 0.348. The third kappa shape index (κ3) is 4.84. The molecule has 5 aromatic rings. The highest BCUT2D eigenvalue weighted by molar-refractivity contribution is 6.09. The number of benzene rings is 5. The van der Waals surface area contributed by atoms with E-state index in [4.69, 9.17) is 18.9 Å². The van der Waals surface area contributed by atoms with Gasteiger partial charge in [0.25, 0.3) is 0 Å². The molecule has 1 spiro atoms. The fourth-order valence-electron chi connectivity index (χ4n) is 10.5. The second-order valence-electron chi connectivity index (χ2n) is 16.8. The topological polar surface area (TPSA) is 57.2 Å². The zero-order valence-corrected chi connectivity index (χ0v) is 30.4. The fourth-order valence-corrected chi connectivity index (χ4v) is 10.5. The number of methoxy groups -OCH3 is 1. The Hall–Kier alpha value is -4.74. The van der Waals surface area contributed by atoms with E-state index in [1.54, 1.807) is 7.11 Å². The molecule has 2 aliphatic carbocycles. The molecule has 4 aliphatic rings. The van der Waals surface area contributed by atoms with E-state index in [0.29, 0.717) is 11.5 Å². The van der Waals surface area contributed by atoms with Gasteiger partial charge >= 0.3 is 0 Å². The van der Waals surface area contributed by atoms with E-state index in [-0.39, 0.29) is 29.5 Å². The van der Waals surface area contributed by atoms with Gasteiger partial charge in [-0.3, -0.25) is 0 Å². The van der Waals surface area contributed by atoms with Crippen LogP contribution in [0.4, 0.5) is 0 Å². The summed E-state index contributed by atoms with van der Waals surface area (Å²) in [7, 11) is 1.70. The van der Waals surface area contributed by atoms with E-state index in [1.807, 2.05) is 12.1 Å². The van der Waals surface area contributed by atoms with Crippen molar-refractivity contribution < 1.29 is 24.1 Å². The summed E-state index contributed by atoms with van der Waals surface area (Å²) in [6, 6.07) is 30.2. The van der Waals surface area contributed by atoms with Crippen LogP contribution in [-0.2, 0) is 11.0 Å². The second kappa shape index (κ2) is 11.1. The van der Waals surface area contributed by atoms with Gasteiger partial charge in [-0.1, -0.05) is 100.0 Å². The average molecular weight is 679 g/mol. The predicted octanol–water partition coefficient (Wildman–Crippen LogP) is 10.1. The first kappa shape index (κ1) is 32.2. The maximum absolute atomic E-state index is 10.0. The minimum absolute atomic E-state index is 0.106. The van der Waals surface area contributed by atoms with Gasteiger partial charge in [-0.25, -0.2) is 0 Å². The molecule has 2 unspecified atom stereocenters. The third-order valence-electron chi connectivity index (χ3n) is 11.7. The molecule has 0 radical (unpaired) electrons. The molecule has 2 heterocycles. The molecule has 0 aromatic heterocycles. The number of aliphatic hydroxyl groups is 1. The zero-order chi connectivity index (χ0) is 35.3. The first-order valence-corrected chi connectivity index (χ1v) is 18.2. The molecule has 2 aliphatic heterocycles. The second-order valence-corrected chi connectivity index (χ2v) is 16.8. The summed E-state index contributed by atoms with van der Waals surface area (Å²) in [6.07, 6.45) is 7.45. The van der Waals surface area contributed by atoms with Gasteiger partial charge in [-0.15, -0.1) is 0 Å². The molecule has 0 saturated heterocycles. The van der Waals surface area contributed by atoms with Crippen LogP contribution in [-0.4, -0.2) is 31.5 Å². The van der Waals surface area contributed by atoms with E-state index >= 15 is 0 Å². The Labute approximate surface area is 300 Å². The Morgan fingerprint density at radius 2 is 1.47 bits per heavy atom. The Kier molecular flexibility index (Phi) is 7.02. The Morgan fingerprint density at radius 1 is 0.804 bits per heavy atom. The molecule has 1 saturated carbocycles. The lowest BCUT2D eigenvalue weighted by atomic mass is 9.52. The van der Waals surface area contributed by atoms with Gasteiger partial charge in [0, 0.05) is 27.5 Å². The number of fused-ring (bicyclic) bond motifs is 11. The SMILES string of the molecule is COc1ccc(C2(c3ccc(C)cc3)C=Cc3c4c(c5cc6c(cc5c3O2)OCC(CO)O6)-c2ccccc2C42CC(C)(C)CC(C)(C)C2)cc1. The molecule has 5 aromatic carbocycles. The largest absolute Gasteiger partial charge is 0.497 e. The third-order valence-corrected chi connectivity index (χ3v) is 11.7. The summed E-state index contributed by atoms with van der Waals surface area (Å²) >= 11 is 0. The number of ether oxygens (including phenoxy) is 4. The molecular formula is C46H46O5. The first-order valence-electron chi connectivity index (χ1n) is 18.2. The van der Waals surface area contributed by atoms with Gasteiger partial charge in [0.1, 0.15) is 18.1 Å². The maximum Gasteiger partial charge on any atom is 0.178 e. The molecule has 51 heavy (non-hydrogen) atoms. The van der Waals surface area contributed by atoms with E-state index in [2.05, 4.69) is 120 Å². The van der Waals surface area contributed by atoms with Crippen LogP contribution in [0.25, 0.3) is 28.0 Å². The average Bonchev–Trinajstić information content (AvgIpc) is 3.38. The molecule has 0 amide bonds. The highest BCUT2D eigenvalue weighted by Gasteiger charge is 2.55. The first-order chi connectivity index (χ1) is 24.5. The summed E-state index contributed by atoms with van der Waals surface area (Å²) in [5, 5.41) is 12.1. The lowest BCUT2D eigenvalue weighted by Crippen LogP contribution is -2.44. The molecule has 260 valence electrons. The normalized spacial score (nSPS) is 22.9. The highest BCUT2D eigenvalue weighted by Crippen LogP contribution is 2.67. The monoisotopic (exact) mass is 678 g/mol. The highest BCUT2D eigenvalue weighted by atomic mass is 16.6. The van der Waals surface area contributed by atoms with Crippen molar-refractivity contribution in [2.24, 2.45) is 10.8 Å². The number of aliphatic hydroxyl groups excluding tert-OH is 1. The Morgan fingerprint density at radius 3 is 2.16 bits per heavy atom. The summed E-state index contributed by atoms with van der Waals surface area (Å²) in [6.45, 7) is 12.1. The zero-order valence-electron chi connectivity index (χ0n) is 30.4. The quantitative estimate of drug-likeness (QED) is 0.205. The van der Waals surface area contributed by atoms with Crippen molar-refractivity contribution >= 4 is 16.8 Å². The van der Waals surface area contributed by atoms with Crippen molar-refractivity contribution in [2.75, 3.05) is 20.3 Å². The smallest absolute Gasteiger partial charge is 0.178 e. The molecule has 1 N–H and O–H groups in total. The van der Waals surface area contributed by atoms with Crippen molar-refractivity contribution in [3.63, 3.8) is 0 Å². The van der Waals surface area contributed by atoms with Crippen molar-refractivity contribution in [1.29, 1.82) is 0 Å². The number of hydrogen-bond acceptors (Lipinski definition) is 5. The van der Waals surface area contributed by atoms with Crippen LogP contribution in [0.2, 0.25) is 0 Å². The van der Waals surface area contributed by atoms with Crippen LogP contribution in [0.15, 0.2) is 91.0 Å². The molecule has 5 nitrogen and oxygen atoms in total. The van der Waals surface area contributed by atoms with E-state index < -0.39 is 11.7 Å². The van der Waals surface area contributed by atoms with Crippen LogP contribution >= 0.6 is 0 Å². The summed E-state index contributed by atoms with van der Waals surface area (Å²) in [5.41, 5.74) is 8.82. The Balaban J connectivity index is 1.38. The van der Waals surface area contributed by atoms with E-state index in [0.717, 1.165) is 58.2 Å². The van der Waals surface area contributed by atoms with Gasteiger partial charge in [0.15, 0.2) is 23.2 Å². The van der Waals surface area contributed by atoms with E-state index in [1.165, 1.54) is 27.8 Å². The summed E-state index contributed by atoms with van der Waals surface area (Å²) in [5.74, 6) is 2.97. The standard InChI is InChI=1S/C46H46O5/c1-28-11-13-29(14-12-28)46(30-15-17-31(48-6)18-16-30)20-19-34-41-40(35-21-39-38(22-36(35)42(34)51-46)49-24-32(23-47)50-39)33-9-7-8-10-37(33)45(41)26-43(2,3)25-44(4,5)27-45/h7-22,32,47H,23-27H2,1-6H3. The van der Waals surface area contributed by atoms with Crippen LogP contribution in [0, 0.1) is 17.8 Å². The lowest BCUT2D eigenvalue weighted by Gasteiger charge is -2.52. The van der Waals surface area contributed by atoms with Crippen LogP contribution < -0.4 is 18.9 Å². The molecular weight excluding hydrogens is 633 g/mol. The van der Waals surface area contributed by atoms with E-state index in [9.17, 15) is 5.11 Å². The molecule has 1 fully saturated rings. The number of rotatable bonds is 4. The van der Waals surface area contributed by atoms with Gasteiger partial charge < -0.3 is 24.1 Å². The van der Waals surface area contributed by atoms with Crippen LogP contribution in [0.5, 0.6) is 23.0 Å². The number of aryl methyl sites for hydroxylation is 1. The number of hydrogen-bond donors (Lipinski definition) is 1. The van der Waals surface area contributed by atoms with Gasteiger partial charge in [0.05, 0.1) is 13.7 Å². The molecule has 0 bridgehead atoms. The van der Waals surface area contributed by atoms with Gasteiger partial charge in [-0.2, -0.15) is 0 Å². The summed E-state index contributed by atoms with van der Waals surface area (Å²) < 4.78 is 25.8. The van der Waals surface area contributed by atoms with Crippen molar-refractivity contribution in [3.05, 3.63) is 124 Å². The van der Waals surface area contributed by atoms with Crippen molar-refractivity contribution in [1.82, 2.24) is 0 Å². The van der Waals surface area contributed by atoms with Crippen LogP contribution in [0.3, 0.4) is 0 Å². The molecule has 2 atom stereocenters. The molecule has 5 heteroatoms. The van der Waals surface area contributed by atoms with Gasteiger partial charge in [-0.05, 0) is 95.0 Å². The minimum atomic E-state index is -0.896. The van der Waals surface area contributed by atoms with Gasteiger partial charge in [0.2, 0.25) is 0 Å². The summed E-state index contributed by atoms with van der Waals surface area (Å²) in [4.78, 5) is 0. The Bertz CT molecular complexity index is 2210.